The van der Waals surface area contributed by atoms with E-state index in [0.29, 0.717) is 22.6 Å². The number of benzene rings is 4. The number of rotatable bonds is 12. The number of anilines is 1. The summed E-state index contributed by atoms with van der Waals surface area (Å²) in [6, 6.07) is 28.4. The van der Waals surface area contributed by atoms with E-state index >= 15 is 0 Å². The van der Waals surface area contributed by atoms with E-state index < -0.39 is 28.5 Å². The number of carbonyl (C=O) groups excluding carboxylic acids is 2. The van der Waals surface area contributed by atoms with Crippen LogP contribution in [-0.4, -0.2) is 50.5 Å². The van der Waals surface area contributed by atoms with Crippen molar-refractivity contribution in [3.8, 4) is 0 Å². The van der Waals surface area contributed by atoms with Crippen molar-refractivity contribution in [3.63, 3.8) is 0 Å². The molecule has 0 aliphatic heterocycles. The van der Waals surface area contributed by atoms with Gasteiger partial charge in [0.1, 0.15) is 12.6 Å². The molecule has 0 radical (unpaired) electrons. The van der Waals surface area contributed by atoms with Gasteiger partial charge in [0.25, 0.3) is 0 Å². The van der Waals surface area contributed by atoms with E-state index in [0.717, 1.165) is 33.5 Å². The Labute approximate surface area is 246 Å². The number of halogens is 1. The maximum Gasteiger partial charge on any atom is 0.244 e. The number of hydrogen-bond acceptors (Lipinski definition) is 4. The molecule has 1 atom stereocenters. The van der Waals surface area contributed by atoms with Crippen molar-refractivity contribution < 1.29 is 18.0 Å². The van der Waals surface area contributed by atoms with E-state index in [2.05, 4.69) is 5.32 Å². The average molecular weight is 592 g/mol. The zero-order valence-corrected chi connectivity index (χ0v) is 24.7. The molecule has 9 heteroatoms. The fourth-order valence-electron chi connectivity index (χ4n) is 4.73. The molecular weight excluding hydrogens is 558 g/mol. The van der Waals surface area contributed by atoms with Gasteiger partial charge >= 0.3 is 0 Å². The smallest absolute Gasteiger partial charge is 0.244 e. The largest absolute Gasteiger partial charge is 0.354 e. The average Bonchev–Trinajstić information content (AvgIpc) is 2.97. The molecule has 0 saturated carbocycles. The van der Waals surface area contributed by atoms with Gasteiger partial charge in [-0.25, -0.2) is 8.42 Å². The second-order valence-corrected chi connectivity index (χ2v) is 12.3. The first kappa shape index (κ1) is 30.1. The van der Waals surface area contributed by atoms with E-state index in [9.17, 15) is 18.0 Å². The molecule has 4 rings (SSSR count). The van der Waals surface area contributed by atoms with E-state index in [1.165, 1.54) is 4.90 Å². The van der Waals surface area contributed by atoms with Crippen molar-refractivity contribution in [2.75, 3.05) is 23.7 Å². The number of sulfonamides is 1. The molecule has 4 aromatic rings. The lowest BCUT2D eigenvalue weighted by molar-refractivity contribution is -0.140. The summed E-state index contributed by atoms with van der Waals surface area (Å²) < 4.78 is 27.4. The SMILES string of the molecule is CCCNC(=O)[C@@H](Cc1ccccc1)N(Cc1ccc(Cl)cc1)C(=O)CN(c1cccc2ccccc12)S(C)(=O)=O. The molecule has 7 nitrogen and oxygen atoms in total. The van der Waals surface area contributed by atoms with Gasteiger partial charge in [0.05, 0.1) is 11.9 Å². The summed E-state index contributed by atoms with van der Waals surface area (Å²) >= 11 is 6.10. The highest BCUT2D eigenvalue weighted by atomic mass is 35.5. The Bertz CT molecular complexity index is 1590. The Hall–Kier alpha value is -3.88. The number of nitrogens with zero attached hydrogens (tertiary/aromatic N) is 2. The van der Waals surface area contributed by atoms with Gasteiger partial charge in [-0.3, -0.25) is 13.9 Å². The molecular formula is C32H34ClN3O4S. The van der Waals surface area contributed by atoms with E-state index in [4.69, 9.17) is 11.6 Å². The third-order valence-corrected chi connectivity index (χ3v) is 8.18. The second-order valence-electron chi connectivity index (χ2n) is 9.91. The predicted molar refractivity (Wildman–Crippen MR) is 165 cm³/mol. The number of carbonyl (C=O) groups is 2. The van der Waals surface area contributed by atoms with Gasteiger partial charge in [-0.15, -0.1) is 0 Å². The molecule has 0 bridgehead atoms. The van der Waals surface area contributed by atoms with Crippen LogP contribution in [-0.2, 0) is 32.6 Å². The Balaban J connectivity index is 1.76. The summed E-state index contributed by atoms with van der Waals surface area (Å²) in [5.74, 6) is -0.792. The molecule has 0 heterocycles. The van der Waals surface area contributed by atoms with Crippen molar-refractivity contribution in [3.05, 3.63) is 113 Å². The summed E-state index contributed by atoms with van der Waals surface area (Å²) in [6.07, 6.45) is 2.09. The van der Waals surface area contributed by atoms with E-state index in [1.807, 2.05) is 67.6 Å². The molecule has 214 valence electrons. The zero-order valence-electron chi connectivity index (χ0n) is 23.2. The second kappa shape index (κ2) is 13.7. The van der Waals surface area contributed by atoms with Crippen LogP contribution in [0.25, 0.3) is 10.8 Å². The van der Waals surface area contributed by atoms with Gasteiger partial charge in [0.15, 0.2) is 0 Å². The zero-order chi connectivity index (χ0) is 29.4. The first-order chi connectivity index (χ1) is 19.7. The Morgan fingerprint density at radius 2 is 1.51 bits per heavy atom. The lowest BCUT2D eigenvalue weighted by Gasteiger charge is -2.33. The van der Waals surface area contributed by atoms with Crippen molar-refractivity contribution in [2.24, 2.45) is 0 Å². The predicted octanol–water partition coefficient (Wildman–Crippen LogP) is 5.43. The van der Waals surface area contributed by atoms with Crippen molar-refractivity contribution in [2.45, 2.75) is 32.4 Å². The minimum absolute atomic E-state index is 0.0974. The maximum absolute atomic E-state index is 14.2. The molecule has 0 saturated heterocycles. The van der Waals surface area contributed by atoms with Crippen LogP contribution in [0.3, 0.4) is 0 Å². The molecule has 0 spiro atoms. The van der Waals surface area contributed by atoms with Crippen LogP contribution in [0.4, 0.5) is 5.69 Å². The third kappa shape index (κ3) is 7.86. The van der Waals surface area contributed by atoms with Crippen LogP contribution in [0.15, 0.2) is 97.1 Å². The quantitative estimate of drug-likeness (QED) is 0.238. The normalized spacial score (nSPS) is 12.1. The van der Waals surface area contributed by atoms with Crippen LogP contribution >= 0.6 is 11.6 Å². The Morgan fingerprint density at radius 3 is 2.20 bits per heavy atom. The number of amides is 2. The van der Waals surface area contributed by atoms with Gasteiger partial charge < -0.3 is 10.2 Å². The summed E-state index contributed by atoms with van der Waals surface area (Å²) in [4.78, 5) is 29.2. The lowest BCUT2D eigenvalue weighted by Crippen LogP contribution is -2.53. The molecule has 2 amide bonds. The van der Waals surface area contributed by atoms with Crippen molar-refractivity contribution in [1.82, 2.24) is 10.2 Å². The number of nitrogens with one attached hydrogen (secondary N) is 1. The van der Waals surface area contributed by atoms with Gasteiger partial charge in [-0.05, 0) is 41.1 Å². The standard InChI is InChI=1S/C32H34ClN3O4S/c1-3-20-34-32(38)30(21-24-10-5-4-6-11-24)35(22-25-16-18-27(33)19-17-25)31(37)23-36(41(2,39)40)29-15-9-13-26-12-7-8-14-28(26)29/h4-19,30H,3,20-23H2,1-2H3,(H,34,38)/t30-/m1/s1. The molecule has 0 aliphatic rings. The minimum Gasteiger partial charge on any atom is -0.354 e. The first-order valence-electron chi connectivity index (χ1n) is 13.5. The molecule has 0 fully saturated rings. The van der Waals surface area contributed by atoms with Gasteiger partial charge in [0.2, 0.25) is 21.8 Å². The third-order valence-electron chi connectivity index (χ3n) is 6.80. The fraction of sp³-hybridized carbons (Fsp3) is 0.250. The topological polar surface area (TPSA) is 86.8 Å². The highest BCUT2D eigenvalue weighted by molar-refractivity contribution is 7.92. The molecule has 0 aliphatic carbocycles. The highest BCUT2D eigenvalue weighted by Gasteiger charge is 2.33. The molecule has 0 unspecified atom stereocenters. The molecule has 0 aromatic heterocycles. The molecule has 41 heavy (non-hydrogen) atoms. The van der Waals surface area contributed by atoms with Crippen molar-refractivity contribution >= 4 is 49.9 Å². The molecule has 1 N–H and O–H groups in total. The van der Waals surface area contributed by atoms with Crippen LogP contribution in [0, 0.1) is 0 Å². The fourth-order valence-corrected chi connectivity index (χ4v) is 5.71. The van der Waals surface area contributed by atoms with Crippen LogP contribution in [0.5, 0.6) is 0 Å². The van der Waals surface area contributed by atoms with Gasteiger partial charge in [0, 0.05) is 29.9 Å². The van der Waals surface area contributed by atoms with Gasteiger partial charge in [-0.2, -0.15) is 0 Å². The lowest BCUT2D eigenvalue weighted by atomic mass is 10.0. The maximum atomic E-state index is 14.2. The van der Waals surface area contributed by atoms with Gasteiger partial charge in [-0.1, -0.05) is 97.4 Å². The van der Waals surface area contributed by atoms with Crippen molar-refractivity contribution in [1.29, 1.82) is 0 Å². The Morgan fingerprint density at radius 1 is 0.854 bits per heavy atom. The highest BCUT2D eigenvalue weighted by Crippen LogP contribution is 2.29. The molecule has 4 aromatic carbocycles. The number of fused-ring (bicyclic) bond motifs is 1. The summed E-state index contributed by atoms with van der Waals surface area (Å²) in [5, 5.41) is 5.04. The van der Waals surface area contributed by atoms with E-state index in [-0.39, 0.29) is 18.9 Å². The van der Waals surface area contributed by atoms with E-state index in [1.54, 1.807) is 36.4 Å². The first-order valence-corrected chi connectivity index (χ1v) is 15.7. The van der Waals surface area contributed by atoms with Crippen LogP contribution in [0.1, 0.15) is 24.5 Å². The van der Waals surface area contributed by atoms with Crippen LogP contribution in [0.2, 0.25) is 5.02 Å². The monoisotopic (exact) mass is 591 g/mol. The summed E-state index contributed by atoms with van der Waals surface area (Å²) in [6.45, 7) is 2.04. The van der Waals surface area contributed by atoms with Crippen LogP contribution < -0.4 is 9.62 Å². The summed E-state index contributed by atoms with van der Waals surface area (Å²) in [5.41, 5.74) is 2.05. The number of hydrogen-bond donors (Lipinski definition) is 1. The Kier molecular flexibility index (Phi) is 10.0. The summed E-state index contributed by atoms with van der Waals surface area (Å²) in [7, 11) is -3.87. The minimum atomic E-state index is -3.87.